The van der Waals surface area contributed by atoms with E-state index in [0.717, 1.165) is 44.8 Å². The molecule has 2 atom stereocenters. The van der Waals surface area contributed by atoms with Crippen LogP contribution in [0.15, 0.2) is 24.3 Å². The lowest BCUT2D eigenvalue weighted by molar-refractivity contribution is 0.0370. The Bertz CT molecular complexity index is 443. The molecule has 1 aliphatic rings. The fraction of sp³-hybridized carbons (Fsp3) is 0.588. The van der Waals surface area contributed by atoms with E-state index in [2.05, 4.69) is 49.1 Å². The van der Waals surface area contributed by atoms with Gasteiger partial charge in [0.2, 0.25) is 0 Å². The highest BCUT2D eigenvalue weighted by atomic mass is 16.5. The fourth-order valence-corrected chi connectivity index (χ4v) is 2.56. The van der Waals surface area contributed by atoms with E-state index in [-0.39, 0.29) is 5.92 Å². The second-order valence-corrected chi connectivity index (χ2v) is 5.57. The van der Waals surface area contributed by atoms with Crippen molar-refractivity contribution in [1.29, 1.82) is 5.26 Å². The summed E-state index contributed by atoms with van der Waals surface area (Å²) in [6.45, 7) is 8.69. The minimum absolute atomic E-state index is 0.0425. The van der Waals surface area contributed by atoms with Crippen molar-refractivity contribution in [2.75, 3.05) is 32.8 Å². The van der Waals surface area contributed by atoms with Crippen molar-refractivity contribution in [3.8, 4) is 6.07 Å². The van der Waals surface area contributed by atoms with Crippen LogP contribution in [-0.2, 0) is 4.74 Å². The Hall–Kier alpha value is -1.37. The molecule has 1 heterocycles. The normalized spacial score (nSPS) is 19.2. The molecule has 0 aromatic heterocycles. The van der Waals surface area contributed by atoms with E-state index in [1.165, 1.54) is 5.56 Å². The van der Waals surface area contributed by atoms with Crippen molar-refractivity contribution in [3.63, 3.8) is 0 Å². The van der Waals surface area contributed by atoms with Crippen molar-refractivity contribution >= 4 is 0 Å². The number of morpholine rings is 1. The molecule has 2 unspecified atom stereocenters. The molecule has 1 aliphatic heterocycles. The second kappa shape index (κ2) is 7.42. The standard InChI is InChI=1S/C17H24N2O/c1-3-14(2)15-4-6-16(7-5-15)17(12-18)13-19-8-10-20-11-9-19/h4-7,14,17H,3,8-11,13H2,1-2H3. The van der Waals surface area contributed by atoms with Crippen LogP contribution in [0.5, 0.6) is 0 Å². The Morgan fingerprint density at radius 2 is 1.80 bits per heavy atom. The van der Waals surface area contributed by atoms with Gasteiger partial charge in [-0.25, -0.2) is 0 Å². The predicted octanol–water partition coefficient (Wildman–Crippen LogP) is 3.14. The predicted molar refractivity (Wildman–Crippen MR) is 80.8 cm³/mol. The van der Waals surface area contributed by atoms with Crippen molar-refractivity contribution < 1.29 is 4.74 Å². The summed E-state index contributed by atoms with van der Waals surface area (Å²) in [5.74, 6) is 0.544. The van der Waals surface area contributed by atoms with Crippen molar-refractivity contribution in [2.24, 2.45) is 0 Å². The molecular formula is C17H24N2O. The molecule has 0 N–H and O–H groups in total. The lowest BCUT2D eigenvalue weighted by atomic mass is 9.93. The highest BCUT2D eigenvalue weighted by Crippen LogP contribution is 2.23. The van der Waals surface area contributed by atoms with Gasteiger partial charge in [0.05, 0.1) is 25.2 Å². The zero-order valence-electron chi connectivity index (χ0n) is 12.5. The summed E-state index contributed by atoms with van der Waals surface area (Å²) in [6.07, 6.45) is 1.15. The second-order valence-electron chi connectivity index (χ2n) is 5.57. The molecular weight excluding hydrogens is 248 g/mol. The maximum Gasteiger partial charge on any atom is 0.0839 e. The zero-order chi connectivity index (χ0) is 14.4. The van der Waals surface area contributed by atoms with Gasteiger partial charge < -0.3 is 4.74 Å². The molecule has 3 nitrogen and oxygen atoms in total. The Labute approximate surface area is 122 Å². The van der Waals surface area contributed by atoms with Crippen LogP contribution in [0.3, 0.4) is 0 Å². The third-order valence-corrected chi connectivity index (χ3v) is 4.22. The van der Waals surface area contributed by atoms with Gasteiger partial charge in [-0.15, -0.1) is 0 Å². The SMILES string of the molecule is CCC(C)c1ccc(C(C#N)CN2CCOCC2)cc1. The van der Waals surface area contributed by atoms with E-state index in [4.69, 9.17) is 4.74 Å². The van der Waals surface area contributed by atoms with Crippen LogP contribution in [0.2, 0.25) is 0 Å². The smallest absolute Gasteiger partial charge is 0.0839 e. The molecule has 0 radical (unpaired) electrons. The quantitative estimate of drug-likeness (QED) is 0.826. The average molecular weight is 272 g/mol. The van der Waals surface area contributed by atoms with E-state index in [1.807, 2.05) is 0 Å². The minimum Gasteiger partial charge on any atom is -0.379 e. The Kier molecular flexibility index (Phi) is 5.58. The first-order valence-electron chi connectivity index (χ1n) is 7.54. The molecule has 20 heavy (non-hydrogen) atoms. The monoisotopic (exact) mass is 272 g/mol. The van der Waals surface area contributed by atoms with Gasteiger partial charge in [0.1, 0.15) is 0 Å². The molecule has 1 aromatic carbocycles. The summed E-state index contributed by atoms with van der Waals surface area (Å²) in [5.41, 5.74) is 2.49. The first-order valence-corrected chi connectivity index (χ1v) is 7.54. The van der Waals surface area contributed by atoms with Gasteiger partial charge in [-0.05, 0) is 23.5 Å². The van der Waals surface area contributed by atoms with Crippen LogP contribution >= 0.6 is 0 Å². The summed E-state index contributed by atoms with van der Waals surface area (Å²) in [6, 6.07) is 11.0. The van der Waals surface area contributed by atoms with Crippen LogP contribution < -0.4 is 0 Å². The lowest BCUT2D eigenvalue weighted by Crippen LogP contribution is -2.38. The van der Waals surface area contributed by atoms with Crippen LogP contribution in [-0.4, -0.2) is 37.7 Å². The first-order chi connectivity index (χ1) is 9.74. The highest BCUT2D eigenvalue weighted by molar-refractivity contribution is 5.30. The van der Waals surface area contributed by atoms with E-state index >= 15 is 0 Å². The number of hydrogen-bond acceptors (Lipinski definition) is 3. The van der Waals surface area contributed by atoms with Crippen LogP contribution in [0.1, 0.15) is 43.2 Å². The third kappa shape index (κ3) is 3.82. The largest absolute Gasteiger partial charge is 0.379 e. The molecule has 0 aliphatic carbocycles. The van der Waals surface area contributed by atoms with Crippen LogP contribution in [0.25, 0.3) is 0 Å². The van der Waals surface area contributed by atoms with Crippen molar-refractivity contribution in [1.82, 2.24) is 4.90 Å². The first kappa shape index (κ1) is 15.0. The number of nitriles is 1. The lowest BCUT2D eigenvalue weighted by Gasteiger charge is -2.28. The van der Waals surface area contributed by atoms with Crippen molar-refractivity contribution in [2.45, 2.75) is 32.1 Å². The molecule has 1 aromatic rings. The third-order valence-electron chi connectivity index (χ3n) is 4.22. The molecule has 108 valence electrons. The van der Waals surface area contributed by atoms with Crippen LogP contribution in [0, 0.1) is 11.3 Å². The van der Waals surface area contributed by atoms with E-state index < -0.39 is 0 Å². The van der Waals surface area contributed by atoms with Crippen molar-refractivity contribution in [3.05, 3.63) is 35.4 Å². The topological polar surface area (TPSA) is 36.3 Å². The summed E-state index contributed by atoms with van der Waals surface area (Å²) >= 11 is 0. The zero-order valence-corrected chi connectivity index (χ0v) is 12.5. The highest BCUT2D eigenvalue weighted by Gasteiger charge is 2.18. The van der Waals surface area contributed by atoms with Gasteiger partial charge in [-0.3, -0.25) is 4.90 Å². The number of ether oxygens (including phenoxy) is 1. The average Bonchev–Trinajstić information content (AvgIpc) is 2.53. The molecule has 0 bridgehead atoms. The molecule has 1 fully saturated rings. The van der Waals surface area contributed by atoms with E-state index in [1.54, 1.807) is 0 Å². The maximum absolute atomic E-state index is 9.43. The Morgan fingerprint density at radius 1 is 1.20 bits per heavy atom. The number of rotatable bonds is 5. The number of hydrogen-bond donors (Lipinski definition) is 0. The van der Waals surface area contributed by atoms with E-state index in [9.17, 15) is 5.26 Å². The molecule has 0 amide bonds. The minimum atomic E-state index is -0.0425. The molecule has 3 heteroatoms. The van der Waals surface area contributed by atoms with Gasteiger partial charge in [0.25, 0.3) is 0 Å². The maximum atomic E-state index is 9.43. The summed E-state index contributed by atoms with van der Waals surface area (Å²) in [4.78, 5) is 2.32. The number of nitrogens with zero attached hydrogens (tertiary/aromatic N) is 2. The fourth-order valence-electron chi connectivity index (χ4n) is 2.56. The van der Waals surface area contributed by atoms with Gasteiger partial charge in [0.15, 0.2) is 0 Å². The van der Waals surface area contributed by atoms with Gasteiger partial charge in [-0.2, -0.15) is 5.26 Å². The summed E-state index contributed by atoms with van der Waals surface area (Å²) < 4.78 is 5.35. The Balaban J connectivity index is 2.02. The number of benzene rings is 1. The summed E-state index contributed by atoms with van der Waals surface area (Å²) in [5, 5.41) is 9.43. The Morgan fingerprint density at radius 3 is 2.35 bits per heavy atom. The molecule has 2 rings (SSSR count). The van der Waals surface area contributed by atoms with E-state index in [0.29, 0.717) is 5.92 Å². The van der Waals surface area contributed by atoms with Gasteiger partial charge >= 0.3 is 0 Å². The summed E-state index contributed by atoms with van der Waals surface area (Å²) in [7, 11) is 0. The van der Waals surface area contributed by atoms with Gasteiger partial charge in [0, 0.05) is 19.6 Å². The van der Waals surface area contributed by atoms with Crippen LogP contribution in [0.4, 0.5) is 0 Å². The molecule has 0 spiro atoms. The molecule has 0 saturated carbocycles. The molecule has 1 saturated heterocycles. The van der Waals surface area contributed by atoms with Gasteiger partial charge in [-0.1, -0.05) is 38.1 Å².